The normalized spacial score (nSPS) is 19.6. The van der Waals surface area contributed by atoms with Crippen LogP contribution in [0, 0.1) is 0 Å². The van der Waals surface area contributed by atoms with Gasteiger partial charge in [-0.25, -0.2) is 19.4 Å². The molecule has 2 amide bonds. The highest BCUT2D eigenvalue weighted by molar-refractivity contribution is 5.99. The molecule has 208 valence electrons. The summed E-state index contributed by atoms with van der Waals surface area (Å²) in [6, 6.07) is 9.72. The number of nitrogens with one attached hydrogen (secondary N) is 2. The standard InChI is InChI=1S/C26H26F3N9O2/c1-36-11-19-13-40-14-20(12-36)38(19)24-21-10-31-37(15-26(27,28)29)23(21)34-22(35-24)16-4-6-17(7-5-16)32-25(39)33-18-3-2-8-30-9-18/h2-10,19-20H,11-15H2,1H3,(H2,32,33,39). The van der Waals surface area contributed by atoms with Gasteiger partial charge in [-0.2, -0.15) is 18.3 Å². The smallest absolute Gasteiger partial charge is 0.377 e. The Hall–Kier alpha value is -4.30. The zero-order valence-corrected chi connectivity index (χ0v) is 21.5. The van der Waals surface area contributed by atoms with Gasteiger partial charge in [0.2, 0.25) is 0 Å². The highest BCUT2D eigenvalue weighted by Crippen LogP contribution is 2.34. The summed E-state index contributed by atoms with van der Waals surface area (Å²) in [6.07, 6.45) is 0.0690. The van der Waals surface area contributed by atoms with E-state index in [1.54, 1.807) is 42.6 Å². The van der Waals surface area contributed by atoms with Gasteiger partial charge in [0.05, 0.1) is 48.8 Å². The first-order valence-electron chi connectivity index (χ1n) is 12.7. The van der Waals surface area contributed by atoms with Crippen molar-refractivity contribution < 1.29 is 22.7 Å². The molecule has 6 rings (SSSR count). The Morgan fingerprint density at radius 2 is 1.75 bits per heavy atom. The summed E-state index contributed by atoms with van der Waals surface area (Å²) < 4.78 is 46.7. The van der Waals surface area contributed by atoms with Crippen LogP contribution in [0.4, 0.5) is 35.2 Å². The number of fused-ring (bicyclic) bond motifs is 3. The highest BCUT2D eigenvalue weighted by Gasteiger charge is 2.39. The van der Waals surface area contributed by atoms with Crippen molar-refractivity contribution in [3.63, 3.8) is 0 Å². The van der Waals surface area contributed by atoms with Crippen molar-refractivity contribution in [1.82, 2.24) is 29.6 Å². The number of piperazine rings is 1. The van der Waals surface area contributed by atoms with Crippen LogP contribution in [-0.4, -0.2) is 87.3 Å². The number of rotatable bonds is 5. The van der Waals surface area contributed by atoms with E-state index in [1.165, 1.54) is 12.4 Å². The summed E-state index contributed by atoms with van der Waals surface area (Å²) in [7, 11) is 2.04. The highest BCUT2D eigenvalue weighted by atomic mass is 19.4. The number of nitrogens with zero attached hydrogens (tertiary/aromatic N) is 7. The molecule has 5 heterocycles. The number of alkyl halides is 3. The van der Waals surface area contributed by atoms with Crippen LogP contribution in [0.2, 0.25) is 0 Å². The molecule has 14 heteroatoms. The first-order chi connectivity index (χ1) is 19.2. The van der Waals surface area contributed by atoms with E-state index in [4.69, 9.17) is 9.72 Å². The lowest BCUT2D eigenvalue weighted by atomic mass is 10.0. The second kappa shape index (κ2) is 10.4. The summed E-state index contributed by atoms with van der Waals surface area (Å²) in [5, 5.41) is 9.91. The quantitative estimate of drug-likeness (QED) is 0.386. The van der Waals surface area contributed by atoms with Crippen molar-refractivity contribution in [2.75, 3.05) is 48.9 Å². The van der Waals surface area contributed by atoms with E-state index in [-0.39, 0.29) is 23.6 Å². The summed E-state index contributed by atoms with van der Waals surface area (Å²) >= 11 is 0. The minimum atomic E-state index is -4.47. The monoisotopic (exact) mass is 553 g/mol. The average molecular weight is 554 g/mol. The number of ether oxygens (including phenoxy) is 1. The molecule has 0 spiro atoms. The van der Waals surface area contributed by atoms with E-state index in [0.29, 0.717) is 41.4 Å². The Morgan fingerprint density at radius 3 is 2.42 bits per heavy atom. The lowest BCUT2D eigenvalue weighted by Crippen LogP contribution is -2.64. The predicted octanol–water partition coefficient (Wildman–Crippen LogP) is 3.61. The fourth-order valence-electron chi connectivity index (χ4n) is 5.20. The number of urea groups is 1. The van der Waals surface area contributed by atoms with Crippen LogP contribution in [0.25, 0.3) is 22.4 Å². The minimum absolute atomic E-state index is 0.0145. The minimum Gasteiger partial charge on any atom is -0.377 e. The van der Waals surface area contributed by atoms with Gasteiger partial charge in [0.15, 0.2) is 11.5 Å². The third kappa shape index (κ3) is 5.40. The number of hydrogen-bond acceptors (Lipinski definition) is 8. The summed E-state index contributed by atoms with van der Waals surface area (Å²) in [5.74, 6) is 0.800. The maximum absolute atomic E-state index is 13.4. The van der Waals surface area contributed by atoms with E-state index in [0.717, 1.165) is 17.8 Å². The van der Waals surface area contributed by atoms with E-state index >= 15 is 0 Å². The van der Waals surface area contributed by atoms with E-state index < -0.39 is 18.8 Å². The molecule has 11 nitrogen and oxygen atoms in total. The molecule has 40 heavy (non-hydrogen) atoms. The second-order valence-electron chi connectivity index (χ2n) is 9.90. The SMILES string of the molecule is CN1CC2COCC(C1)N2c1nc(-c2ccc(NC(=O)Nc3cccnc3)cc2)nc2c1cnn2CC(F)(F)F. The molecule has 2 atom stereocenters. The topological polar surface area (TPSA) is 113 Å². The molecule has 0 radical (unpaired) electrons. The van der Waals surface area contributed by atoms with Crippen LogP contribution >= 0.6 is 0 Å². The molecule has 2 aliphatic rings. The number of benzene rings is 1. The van der Waals surface area contributed by atoms with E-state index in [9.17, 15) is 18.0 Å². The lowest BCUT2D eigenvalue weighted by Gasteiger charge is -2.49. The largest absolute Gasteiger partial charge is 0.408 e. The van der Waals surface area contributed by atoms with Crippen molar-refractivity contribution in [3.8, 4) is 11.4 Å². The van der Waals surface area contributed by atoms with Gasteiger partial charge in [0.25, 0.3) is 0 Å². The number of halogens is 3. The van der Waals surface area contributed by atoms with Crippen LogP contribution in [0.1, 0.15) is 0 Å². The predicted molar refractivity (Wildman–Crippen MR) is 142 cm³/mol. The van der Waals surface area contributed by atoms with Crippen LogP contribution < -0.4 is 15.5 Å². The number of carbonyl (C=O) groups is 1. The fourth-order valence-corrected chi connectivity index (χ4v) is 5.20. The van der Waals surface area contributed by atoms with E-state index in [1.807, 2.05) is 7.05 Å². The number of anilines is 3. The Balaban J connectivity index is 1.34. The molecule has 4 aromatic rings. The molecule has 2 saturated heterocycles. The van der Waals surface area contributed by atoms with Crippen molar-refractivity contribution in [2.45, 2.75) is 24.8 Å². The summed E-state index contributed by atoms with van der Waals surface area (Å²) in [4.78, 5) is 30.0. The molecule has 3 aromatic heterocycles. The van der Waals surface area contributed by atoms with Crippen LogP contribution in [0.15, 0.2) is 55.0 Å². The molecule has 2 fully saturated rings. The van der Waals surface area contributed by atoms with Crippen LogP contribution in [-0.2, 0) is 11.3 Å². The number of pyridine rings is 1. The van der Waals surface area contributed by atoms with Gasteiger partial charge in [-0.15, -0.1) is 0 Å². The number of amides is 2. The molecular formula is C26H26F3N9O2. The third-order valence-electron chi connectivity index (χ3n) is 6.82. The zero-order chi connectivity index (χ0) is 27.9. The van der Waals surface area contributed by atoms with Crippen LogP contribution in [0.3, 0.4) is 0 Å². The Morgan fingerprint density at radius 1 is 1.02 bits per heavy atom. The van der Waals surface area contributed by atoms with Gasteiger partial charge in [-0.1, -0.05) is 0 Å². The van der Waals surface area contributed by atoms with Gasteiger partial charge in [0, 0.05) is 30.5 Å². The van der Waals surface area contributed by atoms with Crippen molar-refractivity contribution in [1.29, 1.82) is 0 Å². The molecule has 0 saturated carbocycles. The average Bonchev–Trinajstić information content (AvgIpc) is 3.30. The Labute approximate surface area is 227 Å². The summed E-state index contributed by atoms with van der Waals surface area (Å²) in [5.41, 5.74) is 1.74. The summed E-state index contributed by atoms with van der Waals surface area (Å²) in [6.45, 7) is 1.17. The number of aromatic nitrogens is 5. The number of morpholine rings is 1. The fraction of sp³-hybridized carbons (Fsp3) is 0.346. The molecule has 2 unspecified atom stereocenters. The van der Waals surface area contributed by atoms with E-state index in [2.05, 4.69) is 35.5 Å². The molecule has 2 aliphatic heterocycles. The van der Waals surface area contributed by atoms with Crippen LogP contribution in [0.5, 0.6) is 0 Å². The first kappa shape index (κ1) is 26.0. The van der Waals surface area contributed by atoms with Gasteiger partial charge in [-0.05, 0) is 43.4 Å². The lowest BCUT2D eigenvalue weighted by molar-refractivity contribution is -0.141. The van der Waals surface area contributed by atoms with Gasteiger partial charge < -0.3 is 25.2 Å². The Bertz CT molecular complexity index is 1500. The molecule has 0 aliphatic carbocycles. The van der Waals surface area contributed by atoms with Gasteiger partial charge in [-0.3, -0.25) is 4.98 Å². The molecule has 2 bridgehead atoms. The van der Waals surface area contributed by atoms with Gasteiger partial charge >= 0.3 is 12.2 Å². The van der Waals surface area contributed by atoms with Crippen molar-refractivity contribution in [2.24, 2.45) is 0 Å². The Kier molecular flexibility index (Phi) is 6.72. The van der Waals surface area contributed by atoms with Gasteiger partial charge in [0.1, 0.15) is 12.4 Å². The first-order valence-corrected chi connectivity index (χ1v) is 12.7. The molecule has 2 N–H and O–H groups in total. The van der Waals surface area contributed by atoms with Crippen molar-refractivity contribution in [3.05, 3.63) is 55.0 Å². The molecular weight excluding hydrogens is 527 g/mol. The number of likely N-dealkylation sites (N-methyl/N-ethyl adjacent to an activating group) is 1. The second-order valence-corrected chi connectivity index (χ2v) is 9.90. The third-order valence-corrected chi connectivity index (χ3v) is 6.82. The maximum Gasteiger partial charge on any atom is 0.408 e. The zero-order valence-electron chi connectivity index (χ0n) is 21.5. The molecule has 1 aromatic carbocycles. The maximum atomic E-state index is 13.4. The van der Waals surface area contributed by atoms with Crippen molar-refractivity contribution >= 4 is 34.3 Å². The number of carbonyl (C=O) groups excluding carboxylic acids is 1. The number of hydrogen-bond donors (Lipinski definition) is 2.